The number of nitrogens with one attached hydrogen (secondary N) is 2. The van der Waals surface area contributed by atoms with Gasteiger partial charge in [-0.1, -0.05) is 0 Å². The molecule has 6 heteroatoms. The molecule has 1 rings (SSSR count). The zero-order chi connectivity index (χ0) is 14.6. The fourth-order valence-electron chi connectivity index (χ4n) is 1.58. The second-order valence-electron chi connectivity index (χ2n) is 5.73. The summed E-state index contributed by atoms with van der Waals surface area (Å²) in [4.78, 5) is 27.6. The minimum absolute atomic E-state index is 0.0294. The minimum Gasteiger partial charge on any atom is -0.356 e. The molecule has 0 aromatic carbocycles. The standard InChI is InChI=1S/C13H22N4O2/c1-9(2)17-7-6-14-11(12(17)19)15-8-10(18)16-13(3,4)5/h6-7,9H,8H2,1-5H3,(H,14,15)(H,16,18). The van der Waals surface area contributed by atoms with E-state index in [1.54, 1.807) is 17.0 Å². The smallest absolute Gasteiger partial charge is 0.293 e. The lowest BCUT2D eigenvalue weighted by atomic mass is 10.1. The SMILES string of the molecule is CC(C)n1ccnc(NCC(=O)NC(C)(C)C)c1=O. The van der Waals surface area contributed by atoms with Crippen LogP contribution in [0, 0.1) is 0 Å². The molecule has 0 unspecified atom stereocenters. The summed E-state index contributed by atoms with van der Waals surface area (Å²) in [7, 11) is 0. The van der Waals surface area contributed by atoms with Gasteiger partial charge in [0.05, 0.1) is 6.54 Å². The molecule has 19 heavy (non-hydrogen) atoms. The third-order valence-electron chi connectivity index (χ3n) is 2.36. The quantitative estimate of drug-likeness (QED) is 0.857. The van der Waals surface area contributed by atoms with Crippen LogP contribution in [0.1, 0.15) is 40.7 Å². The highest BCUT2D eigenvalue weighted by Gasteiger charge is 2.14. The summed E-state index contributed by atoms with van der Waals surface area (Å²) < 4.78 is 1.57. The predicted octanol–water partition coefficient (Wildman–Crippen LogP) is 1.15. The number of anilines is 1. The van der Waals surface area contributed by atoms with E-state index in [2.05, 4.69) is 15.6 Å². The van der Waals surface area contributed by atoms with Crippen LogP contribution in [0.2, 0.25) is 0 Å². The van der Waals surface area contributed by atoms with Crippen LogP contribution in [0.25, 0.3) is 0 Å². The zero-order valence-corrected chi connectivity index (χ0v) is 12.2. The Labute approximate surface area is 113 Å². The summed E-state index contributed by atoms with van der Waals surface area (Å²) in [5.41, 5.74) is -0.512. The maximum absolute atomic E-state index is 12.0. The molecule has 0 bridgehead atoms. The Morgan fingerprint density at radius 2 is 2.05 bits per heavy atom. The average molecular weight is 266 g/mol. The van der Waals surface area contributed by atoms with E-state index in [-0.39, 0.29) is 35.4 Å². The van der Waals surface area contributed by atoms with Gasteiger partial charge in [-0.2, -0.15) is 0 Å². The average Bonchev–Trinajstić information content (AvgIpc) is 2.24. The Kier molecular flexibility index (Phi) is 4.69. The minimum atomic E-state index is -0.291. The van der Waals surface area contributed by atoms with Gasteiger partial charge in [0.2, 0.25) is 5.91 Å². The number of hydrogen-bond acceptors (Lipinski definition) is 4. The molecule has 0 aliphatic carbocycles. The van der Waals surface area contributed by atoms with Crippen molar-refractivity contribution in [1.82, 2.24) is 14.9 Å². The van der Waals surface area contributed by atoms with E-state index in [9.17, 15) is 9.59 Å². The summed E-state index contributed by atoms with van der Waals surface area (Å²) in [5, 5.41) is 5.58. The van der Waals surface area contributed by atoms with Crippen molar-refractivity contribution in [2.24, 2.45) is 0 Å². The van der Waals surface area contributed by atoms with Gasteiger partial charge in [0.25, 0.3) is 5.56 Å². The number of rotatable bonds is 4. The largest absolute Gasteiger partial charge is 0.356 e. The summed E-state index contributed by atoms with van der Waals surface area (Å²) in [6.07, 6.45) is 3.18. The molecule has 0 radical (unpaired) electrons. The molecule has 2 N–H and O–H groups in total. The molecule has 6 nitrogen and oxygen atoms in total. The third kappa shape index (κ3) is 4.73. The molecule has 0 saturated carbocycles. The van der Waals surface area contributed by atoms with Crippen molar-refractivity contribution in [2.75, 3.05) is 11.9 Å². The molecule has 0 spiro atoms. The van der Waals surface area contributed by atoms with Gasteiger partial charge in [-0.25, -0.2) is 4.98 Å². The first-order valence-corrected chi connectivity index (χ1v) is 6.33. The molecule has 0 saturated heterocycles. The molecule has 1 aromatic rings. The van der Waals surface area contributed by atoms with Crippen molar-refractivity contribution in [3.8, 4) is 0 Å². The van der Waals surface area contributed by atoms with E-state index in [4.69, 9.17) is 0 Å². The summed E-state index contributed by atoms with van der Waals surface area (Å²) >= 11 is 0. The van der Waals surface area contributed by atoms with Crippen LogP contribution in [-0.2, 0) is 4.79 Å². The van der Waals surface area contributed by atoms with Gasteiger partial charge >= 0.3 is 0 Å². The summed E-state index contributed by atoms with van der Waals surface area (Å²) in [5.74, 6) is 0.0221. The lowest BCUT2D eigenvalue weighted by Gasteiger charge is -2.20. The Morgan fingerprint density at radius 1 is 1.42 bits per heavy atom. The van der Waals surface area contributed by atoms with Crippen molar-refractivity contribution in [3.63, 3.8) is 0 Å². The Hall–Kier alpha value is -1.85. The van der Waals surface area contributed by atoms with Crippen molar-refractivity contribution in [2.45, 2.75) is 46.2 Å². The normalized spacial score (nSPS) is 11.5. The molecular weight excluding hydrogens is 244 g/mol. The van der Waals surface area contributed by atoms with E-state index >= 15 is 0 Å². The highest BCUT2D eigenvalue weighted by Crippen LogP contribution is 2.01. The van der Waals surface area contributed by atoms with Crippen molar-refractivity contribution in [3.05, 3.63) is 22.7 Å². The van der Waals surface area contributed by atoms with Crippen LogP contribution >= 0.6 is 0 Å². The molecule has 106 valence electrons. The fraction of sp³-hybridized carbons (Fsp3) is 0.615. The van der Waals surface area contributed by atoms with Crippen LogP contribution in [0.5, 0.6) is 0 Å². The maximum atomic E-state index is 12.0. The maximum Gasteiger partial charge on any atom is 0.293 e. The third-order valence-corrected chi connectivity index (χ3v) is 2.36. The van der Waals surface area contributed by atoms with E-state index in [1.807, 2.05) is 34.6 Å². The first kappa shape index (κ1) is 15.2. The number of carbonyl (C=O) groups is 1. The molecule has 0 fully saturated rings. The Balaban J connectivity index is 2.72. The van der Waals surface area contributed by atoms with Gasteiger partial charge in [-0.3, -0.25) is 9.59 Å². The molecule has 1 aromatic heterocycles. The Morgan fingerprint density at radius 3 is 2.58 bits per heavy atom. The fourth-order valence-corrected chi connectivity index (χ4v) is 1.58. The highest BCUT2D eigenvalue weighted by molar-refractivity contribution is 5.80. The zero-order valence-electron chi connectivity index (χ0n) is 12.2. The van der Waals surface area contributed by atoms with Gasteiger partial charge in [-0.05, 0) is 34.6 Å². The van der Waals surface area contributed by atoms with E-state index in [0.717, 1.165) is 0 Å². The first-order chi connectivity index (χ1) is 8.70. The molecule has 0 aliphatic rings. The summed E-state index contributed by atoms with van der Waals surface area (Å²) in [6.45, 7) is 9.56. The van der Waals surface area contributed by atoms with Crippen LogP contribution in [0.4, 0.5) is 5.82 Å². The molecule has 1 heterocycles. The second-order valence-corrected chi connectivity index (χ2v) is 5.73. The first-order valence-electron chi connectivity index (χ1n) is 6.33. The van der Waals surface area contributed by atoms with Gasteiger partial charge in [-0.15, -0.1) is 0 Å². The van der Waals surface area contributed by atoms with Gasteiger partial charge < -0.3 is 15.2 Å². The van der Waals surface area contributed by atoms with Crippen LogP contribution in [-0.4, -0.2) is 27.5 Å². The molecule has 0 aliphatic heterocycles. The van der Waals surface area contributed by atoms with E-state index < -0.39 is 0 Å². The molecule has 1 amide bonds. The summed E-state index contributed by atoms with van der Waals surface area (Å²) in [6, 6.07) is 0.0550. The predicted molar refractivity (Wildman–Crippen MR) is 75.3 cm³/mol. The lowest BCUT2D eigenvalue weighted by Crippen LogP contribution is -2.43. The number of hydrogen-bond donors (Lipinski definition) is 2. The Bertz CT molecular complexity index is 500. The van der Waals surface area contributed by atoms with Crippen molar-refractivity contribution in [1.29, 1.82) is 0 Å². The second kappa shape index (κ2) is 5.86. The van der Waals surface area contributed by atoms with Crippen LogP contribution in [0.15, 0.2) is 17.2 Å². The number of aromatic nitrogens is 2. The van der Waals surface area contributed by atoms with Gasteiger partial charge in [0.1, 0.15) is 0 Å². The van der Waals surface area contributed by atoms with Crippen molar-refractivity contribution >= 4 is 11.7 Å². The van der Waals surface area contributed by atoms with E-state index in [1.165, 1.54) is 0 Å². The topological polar surface area (TPSA) is 76.0 Å². The van der Waals surface area contributed by atoms with Gasteiger partial charge in [0, 0.05) is 24.0 Å². The number of nitrogens with zero attached hydrogens (tertiary/aromatic N) is 2. The monoisotopic (exact) mass is 266 g/mol. The van der Waals surface area contributed by atoms with E-state index in [0.29, 0.717) is 0 Å². The highest BCUT2D eigenvalue weighted by atomic mass is 16.2. The number of amides is 1. The van der Waals surface area contributed by atoms with Crippen molar-refractivity contribution < 1.29 is 4.79 Å². The lowest BCUT2D eigenvalue weighted by molar-refractivity contribution is -0.120. The van der Waals surface area contributed by atoms with Crippen LogP contribution < -0.4 is 16.2 Å². The molecular formula is C13H22N4O2. The molecule has 0 atom stereocenters. The van der Waals surface area contributed by atoms with Crippen LogP contribution in [0.3, 0.4) is 0 Å². The number of carbonyl (C=O) groups excluding carboxylic acids is 1. The van der Waals surface area contributed by atoms with Gasteiger partial charge in [0.15, 0.2) is 5.82 Å².